The topological polar surface area (TPSA) is 89.5 Å². The van der Waals surface area contributed by atoms with Gasteiger partial charge in [-0.15, -0.1) is 5.10 Å². The third-order valence-electron chi connectivity index (χ3n) is 5.63. The van der Waals surface area contributed by atoms with Gasteiger partial charge in [-0.25, -0.2) is 0 Å². The number of Topliss-reactive ketones (excluding diaryl/α,β-unsaturated/α-hetero) is 2. The average molecular weight is 444 g/mol. The number of anilines is 1. The maximum absolute atomic E-state index is 13.5. The number of aryl methyl sites for hydroxylation is 2. The number of nitrogens with zero attached hydrogens (tertiary/aromatic N) is 3. The van der Waals surface area contributed by atoms with Gasteiger partial charge in [-0.2, -0.15) is 5.10 Å². The molecular formula is C26H25N3O4. The van der Waals surface area contributed by atoms with E-state index in [1.165, 1.54) is 4.90 Å². The van der Waals surface area contributed by atoms with Gasteiger partial charge >= 0.3 is 0 Å². The van der Waals surface area contributed by atoms with Crippen LogP contribution >= 0.6 is 0 Å². The van der Waals surface area contributed by atoms with E-state index in [-0.39, 0.29) is 5.82 Å². The number of ether oxygens (including phenoxy) is 1. The molecule has 0 N–H and O–H groups in total. The Balaban J connectivity index is 1.82. The summed E-state index contributed by atoms with van der Waals surface area (Å²) in [5.74, 6) is -2.30. The molecule has 1 aromatic heterocycles. The number of ketones is 2. The fourth-order valence-electron chi connectivity index (χ4n) is 3.95. The minimum absolute atomic E-state index is 0.225. The second-order valence-electron chi connectivity index (χ2n) is 8.15. The predicted octanol–water partition coefficient (Wildman–Crippen LogP) is 4.04. The van der Waals surface area contributed by atoms with Crippen molar-refractivity contribution in [1.82, 2.24) is 10.2 Å². The monoisotopic (exact) mass is 443 g/mol. The van der Waals surface area contributed by atoms with Crippen LogP contribution in [0.25, 0.3) is 0 Å². The van der Waals surface area contributed by atoms with Crippen LogP contribution in [0.3, 0.4) is 0 Å². The van der Waals surface area contributed by atoms with Gasteiger partial charge in [-0.05, 0) is 50.1 Å². The van der Waals surface area contributed by atoms with E-state index in [9.17, 15) is 14.4 Å². The molecule has 168 valence electrons. The predicted molar refractivity (Wildman–Crippen MR) is 123 cm³/mol. The number of hydrogen-bond donors (Lipinski definition) is 0. The first kappa shape index (κ1) is 22.3. The van der Waals surface area contributed by atoms with Crippen LogP contribution in [0.1, 0.15) is 46.6 Å². The lowest BCUT2D eigenvalue weighted by molar-refractivity contribution is -0.135. The number of benzene rings is 2. The van der Waals surface area contributed by atoms with Crippen molar-refractivity contribution in [3.63, 3.8) is 0 Å². The van der Waals surface area contributed by atoms with Crippen LogP contribution in [0.15, 0.2) is 60.7 Å². The normalized spacial score (nSPS) is 18.0. The van der Waals surface area contributed by atoms with Gasteiger partial charge in [0, 0.05) is 5.56 Å². The summed E-state index contributed by atoms with van der Waals surface area (Å²) in [6.45, 7) is 6.24. The smallest absolute Gasteiger partial charge is 0.297 e. The highest BCUT2D eigenvalue weighted by Gasteiger charge is 2.53. The molecule has 3 aromatic rings. The molecule has 0 radical (unpaired) electrons. The van der Waals surface area contributed by atoms with Crippen LogP contribution in [-0.4, -0.2) is 34.3 Å². The highest BCUT2D eigenvalue weighted by Crippen LogP contribution is 2.41. The zero-order valence-electron chi connectivity index (χ0n) is 18.8. The standard InChI is InChI=1S/C26H25N3O4/c1-4-14-33-20-7-5-6-19(15-20)23-22(24(30)18-11-8-16(2)9-12-18)25(31)26(32)29(23)21-13-10-17(3)27-28-21/h5-13,15,22-23H,4,14H2,1-3H3. The van der Waals surface area contributed by atoms with Gasteiger partial charge < -0.3 is 4.74 Å². The number of carbonyl (C=O) groups is 3. The lowest BCUT2D eigenvalue weighted by atomic mass is 9.86. The maximum Gasteiger partial charge on any atom is 0.297 e. The van der Waals surface area contributed by atoms with E-state index >= 15 is 0 Å². The van der Waals surface area contributed by atoms with Crippen molar-refractivity contribution in [1.29, 1.82) is 0 Å². The summed E-state index contributed by atoms with van der Waals surface area (Å²) >= 11 is 0. The van der Waals surface area contributed by atoms with Gasteiger partial charge in [0.05, 0.1) is 18.3 Å². The molecule has 2 unspecified atom stereocenters. The summed E-state index contributed by atoms with van der Waals surface area (Å²) < 4.78 is 5.76. The molecule has 0 bridgehead atoms. The van der Waals surface area contributed by atoms with Crippen LogP contribution in [-0.2, 0) is 9.59 Å². The third-order valence-corrected chi connectivity index (χ3v) is 5.63. The van der Waals surface area contributed by atoms with Crippen LogP contribution < -0.4 is 9.64 Å². The van der Waals surface area contributed by atoms with Gasteiger partial charge in [0.15, 0.2) is 11.6 Å². The minimum atomic E-state index is -1.20. The summed E-state index contributed by atoms with van der Waals surface area (Å²) in [6.07, 6.45) is 0.838. The Hall–Kier alpha value is -3.87. The van der Waals surface area contributed by atoms with Crippen molar-refractivity contribution in [2.45, 2.75) is 33.2 Å². The summed E-state index contributed by atoms with van der Waals surface area (Å²) in [4.78, 5) is 41.1. The number of hydrogen-bond acceptors (Lipinski definition) is 6. The Bertz CT molecular complexity index is 1190. The van der Waals surface area contributed by atoms with E-state index in [0.29, 0.717) is 29.2 Å². The molecule has 2 heterocycles. The number of rotatable bonds is 7. The van der Waals surface area contributed by atoms with E-state index in [1.54, 1.807) is 49.4 Å². The molecule has 2 atom stereocenters. The van der Waals surface area contributed by atoms with Gasteiger partial charge in [-0.3, -0.25) is 19.3 Å². The van der Waals surface area contributed by atoms with Crippen molar-refractivity contribution >= 4 is 23.3 Å². The lowest BCUT2D eigenvalue weighted by Crippen LogP contribution is -2.31. The number of carbonyl (C=O) groups excluding carboxylic acids is 3. The Kier molecular flexibility index (Phi) is 6.31. The zero-order chi connectivity index (χ0) is 23.5. The second-order valence-corrected chi connectivity index (χ2v) is 8.15. The summed E-state index contributed by atoms with van der Waals surface area (Å²) in [5.41, 5.74) is 2.67. The number of amides is 1. The fraction of sp³-hybridized carbons (Fsp3) is 0.269. The van der Waals surface area contributed by atoms with E-state index in [2.05, 4.69) is 10.2 Å². The Morgan fingerprint density at radius 2 is 1.76 bits per heavy atom. The van der Waals surface area contributed by atoms with Crippen molar-refractivity contribution in [3.8, 4) is 5.75 Å². The van der Waals surface area contributed by atoms with Crippen molar-refractivity contribution in [3.05, 3.63) is 83.0 Å². The second kappa shape index (κ2) is 9.32. The molecule has 7 nitrogen and oxygen atoms in total. The van der Waals surface area contributed by atoms with Crippen molar-refractivity contribution in [2.75, 3.05) is 11.5 Å². The maximum atomic E-state index is 13.5. The molecule has 7 heteroatoms. The molecule has 33 heavy (non-hydrogen) atoms. The summed E-state index contributed by atoms with van der Waals surface area (Å²) in [7, 11) is 0. The third kappa shape index (κ3) is 4.39. The molecule has 0 saturated carbocycles. The molecule has 4 rings (SSSR count). The Morgan fingerprint density at radius 1 is 1.00 bits per heavy atom. The van der Waals surface area contributed by atoms with Gasteiger partial charge in [0.2, 0.25) is 5.78 Å². The molecule has 1 aliphatic rings. The van der Waals surface area contributed by atoms with Crippen LogP contribution in [0, 0.1) is 19.8 Å². The van der Waals surface area contributed by atoms with Crippen LogP contribution in [0.5, 0.6) is 5.75 Å². The van der Waals surface area contributed by atoms with Crippen molar-refractivity contribution < 1.29 is 19.1 Å². The Morgan fingerprint density at radius 3 is 2.42 bits per heavy atom. The van der Waals surface area contributed by atoms with Crippen LogP contribution in [0.2, 0.25) is 0 Å². The molecule has 2 aromatic carbocycles. The van der Waals surface area contributed by atoms with E-state index in [0.717, 1.165) is 12.0 Å². The first-order valence-electron chi connectivity index (χ1n) is 10.9. The highest BCUT2D eigenvalue weighted by molar-refractivity contribution is 6.48. The van der Waals surface area contributed by atoms with Gasteiger partial charge in [0.25, 0.3) is 5.91 Å². The molecule has 0 aliphatic carbocycles. The summed E-state index contributed by atoms with van der Waals surface area (Å²) in [5, 5.41) is 8.17. The molecular weight excluding hydrogens is 418 g/mol. The van der Waals surface area contributed by atoms with E-state index < -0.39 is 29.4 Å². The van der Waals surface area contributed by atoms with Crippen molar-refractivity contribution in [2.24, 2.45) is 5.92 Å². The van der Waals surface area contributed by atoms with E-state index in [1.807, 2.05) is 32.0 Å². The largest absolute Gasteiger partial charge is 0.494 e. The fourth-order valence-corrected chi connectivity index (χ4v) is 3.95. The SMILES string of the molecule is CCCOc1cccc(C2C(C(=O)c3ccc(C)cc3)C(=O)C(=O)N2c2ccc(C)nn2)c1. The van der Waals surface area contributed by atoms with E-state index in [4.69, 9.17) is 4.74 Å². The molecule has 0 spiro atoms. The highest BCUT2D eigenvalue weighted by atomic mass is 16.5. The molecule has 1 fully saturated rings. The molecule has 1 saturated heterocycles. The Labute approximate surface area is 192 Å². The average Bonchev–Trinajstić information content (AvgIpc) is 3.09. The zero-order valence-corrected chi connectivity index (χ0v) is 18.8. The van der Waals surface area contributed by atoms with Gasteiger partial charge in [-0.1, -0.05) is 48.9 Å². The first-order valence-corrected chi connectivity index (χ1v) is 10.9. The van der Waals surface area contributed by atoms with Gasteiger partial charge in [0.1, 0.15) is 11.7 Å². The quantitative estimate of drug-likeness (QED) is 0.311. The first-order chi connectivity index (χ1) is 15.9. The molecule has 1 aliphatic heterocycles. The summed E-state index contributed by atoms with van der Waals surface area (Å²) in [6, 6.07) is 16.6. The molecule has 1 amide bonds. The lowest BCUT2D eigenvalue weighted by Gasteiger charge is -2.26. The minimum Gasteiger partial charge on any atom is -0.494 e. The number of aromatic nitrogens is 2. The van der Waals surface area contributed by atoms with Crippen LogP contribution in [0.4, 0.5) is 5.82 Å².